The third-order valence-corrected chi connectivity index (χ3v) is 4.22. The maximum Gasteiger partial charge on any atom is 0.328 e. The van der Waals surface area contributed by atoms with Gasteiger partial charge in [-0.25, -0.2) is 4.79 Å². The minimum Gasteiger partial charge on any atom is -0.508 e. The van der Waals surface area contributed by atoms with Gasteiger partial charge < -0.3 is 20.1 Å². The van der Waals surface area contributed by atoms with Crippen LogP contribution in [0.5, 0.6) is 5.75 Å². The molecule has 1 amide bonds. The number of phenolic OH excluding ortho intramolecular Hbond substituents is 1. The average Bonchev–Trinajstić information content (AvgIpc) is 3.09. The fourth-order valence-electron chi connectivity index (χ4n) is 2.83. The molecule has 0 saturated heterocycles. The number of aromatic hydroxyl groups is 1. The Bertz CT molecular complexity index is 973. The molecule has 0 fully saturated rings. The molecule has 0 radical (unpaired) electrons. The highest BCUT2D eigenvalue weighted by Gasteiger charge is 2.22. The second kappa shape index (κ2) is 8.23. The Morgan fingerprint density at radius 2 is 1.93 bits per heavy atom. The number of ether oxygens (including phenoxy) is 1. The number of carbonyl (C=O) groups excluding carboxylic acids is 2. The molecule has 3 N–H and O–H groups in total. The molecule has 0 aliphatic rings. The average molecular weight is 364 g/mol. The monoisotopic (exact) mass is 364 g/mol. The van der Waals surface area contributed by atoms with Gasteiger partial charge >= 0.3 is 5.97 Å². The van der Waals surface area contributed by atoms with Gasteiger partial charge in [-0.3, -0.25) is 4.79 Å². The van der Waals surface area contributed by atoms with E-state index in [9.17, 15) is 14.7 Å². The number of fused-ring (bicyclic) bond motifs is 1. The minimum atomic E-state index is -0.800. The summed E-state index contributed by atoms with van der Waals surface area (Å²) in [6, 6.07) is 13.4. The number of carbonyl (C=O) groups is 2. The van der Waals surface area contributed by atoms with E-state index in [-0.39, 0.29) is 5.75 Å². The van der Waals surface area contributed by atoms with E-state index in [1.807, 2.05) is 30.5 Å². The van der Waals surface area contributed by atoms with Crippen molar-refractivity contribution >= 4 is 28.9 Å². The number of rotatable bonds is 6. The number of aromatic amines is 1. The van der Waals surface area contributed by atoms with E-state index in [1.54, 1.807) is 18.2 Å². The molecule has 0 aliphatic heterocycles. The van der Waals surface area contributed by atoms with Crippen molar-refractivity contribution in [3.8, 4) is 5.75 Å². The Morgan fingerprint density at radius 3 is 2.67 bits per heavy atom. The summed E-state index contributed by atoms with van der Waals surface area (Å²) in [6.07, 6.45) is 5.10. The highest BCUT2D eigenvalue weighted by Crippen LogP contribution is 2.19. The lowest BCUT2D eigenvalue weighted by atomic mass is 10.0. The standard InChI is InChI=1S/C21H20N2O4/c1-27-21(26)19(12-15-13-22-18-5-3-2-4-17(15)18)23-20(25)11-8-14-6-9-16(24)10-7-14/h2-11,13,19,22,24H,12H2,1H3,(H,23,25)/b11-8+/t19-/m0/s1. The van der Waals surface area contributed by atoms with Gasteiger partial charge in [0.05, 0.1) is 7.11 Å². The highest BCUT2D eigenvalue weighted by atomic mass is 16.5. The molecule has 0 saturated carbocycles. The van der Waals surface area contributed by atoms with Gasteiger partial charge in [0.1, 0.15) is 11.8 Å². The van der Waals surface area contributed by atoms with E-state index in [0.29, 0.717) is 6.42 Å². The first kappa shape index (κ1) is 18.3. The highest BCUT2D eigenvalue weighted by molar-refractivity contribution is 5.95. The van der Waals surface area contributed by atoms with Gasteiger partial charge in [0, 0.05) is 29.6 Å². The lowest BCUT2D eigenvalue weighted by molar-refractivity contribution is -0.144. The molecule has 0 aliphatic carbocycles. The summed E-state index contributed by atoms with van der Waals surface area (Å²) in [6.45, 7) is 0. The van der Waals surface area contributed by atoms with Crippen LogP contribution in [0.25, 0.3) is 17.0 Å². The second-order valence-corrected chi connectivity index (χ2v) is 6.07. The van der Waals surface area contributed by atoms with Crippen LogP contribution < -0.4 is 5.32 Å². The van der Waals surface area contributed by atoms with E-state index in [0.717, 1.165) is 22.0 Å². The Morgan fingerprint density at radius 1 is 1.19 bits per heavy atom. The first-order chi connectivity index (χ1) is 13.1. The van der Waals surface area contributed by atoms with Crippen LogP contribution in [0, 0.1) is 0 Å². The van der Waals surface area contributed by atoms with Gasteiger partial charge in [-0.05, 0) is 35.4 Å². The molecule has 0 spiro atoms. The fourth-order valence-corrected chi connectivity index (χ4v) is 2.83. The molecular formula is C21H20N2O4. The van der Waals surface area contributed by atoms with E-state index in [1.165, 1.54) is 25.3 Å². The van der Waals surface area contributed by atoms with Crippen molar-refractivity contribution in [2.24, 2.45) is 0 Å². The van der Waals surface area contributed by atoms with Crippen LogP contribution in [-0.2, 0) is 20.7 Å². The van der Waals surface area contributed by atoms with Crippen molar-refractivity contribution in [1.29, 1.82) is 0 Å². The summed E-state index contributed by atoms with van der Waals surface area (Å²) in [5, 5.41) is 13.0. The summed E-state index contributed by atoms with van der Waals surface area (Å²) >= 11 is 0. The smallest absolute Gasteiger partial charge is 0.328 e. The van der Waals surface area contributed by atoms with Gasteiger partial charge in [0.15, 0.2) is 0 Å². The molecule has 1 aromatic heterocycles. The molecule has 6 nitrogen and oxygen atoms in total. The zero-order chi connectivity index (χ0) is 19.2. The number of aromatic nitrogens is 1. The van der Waals surface area contributed by atoms with Crippen LogP contribution in [0.15, 0.2) is 60.8 Å². The number of methoxy groups -OCH3 is 1. The van der Waals surface area contributed by atoms with E-state index in [4.69, 9.17) is 4.74 Å². The molecule has 1 atom stereocenters. The van der Waals surface area contributed by atoms with Gasteiger partial charge in [0.25, 0.3) is 0 Å². The summed E-state index contributed by atoms with van der Waals surface area (Å²) < 4.78 is 4.83. The molecule has 0 unspecified atom stereocenters. The van der Waals surface area contributed by atoms with Crippen LogP contribution >= 0.6 is 0 Å². The van der Waals surface area contributed by atoms with Crippen LogP contribution in [0.2, 0.25) is 0 Å². The zero-order valence-corrected chi connectivity index (χ0v) is 14.8. The van der Waals surface area contributed by atoms with Crippen molar-refractivity contribution in [1.82, 2.24) is 10.3 Å². The predicted molar refractivity (Wildman–Crippen MR) is 103 cm³/mol. The van der Waals surface area contributed by atoms with Crippen molar-refractivity contribution < 1.29 is 19.4 Å². The summed E-state index contributed by atoms with van der Waals surface area (Å²) in [5.74, 6) is -0.758. The van der Waals surface area contributed by atoms with Crippen molar-refractivity contribution in [3.63, 3.8) is 0 Å². The van der Waals surface area contributed by atoms with E-state index >= 15 is 0 Å². The predicted octanol–water partition coefficient (Wildman–Crippen LogP) is 2.79. The van der Waals surface area contributed by atoms with Gasteiger partial charge in [-0.2, -0.15) is 0 Å². The third kappa shape index (κ3) is 4.55. The SMILES string of the molecule is COC(=O)[C@H](Cc1c[nH]c2ccccc12)NC(=O)/C=C/c1ccc(O)cc1. The molecule has 3 aromatic rings. The number of benzene rings is 2. The van der Waals surface area contributed by atoms with Gasteiger partial charge in [0.2, 0.25) is 5.91 Å². The third-order valence-electron chi connectivity index (χ3n) is 4.22. The number of hydrogen-bond donors (Lipinski definition) is 3. The Hall–Kier alpha value is -3.54. The maximum absolute atomic E-state index is 12.2. The van der Waals surface area contributed by atoms with Crippen LogP contribution in [-0.4, -0.2) is 35.1 Å². The van der Waals surface area contributed by atoms with Crippen molar-refractivity contribution in [3.05, 3.63) is 71.9 Å². The molecule has 6 heteroatoms. The van der Waals surface area contributed by atoms with Crippen LogP contribution in [0.1, 0.15) is 11.1 Å². The first-order valence-corrected chi connectivity index (χ1v) is 8.47. The minimum absolute atomic E-state index is 0.154. The molecule has 0 bridgehead atoms. The zero-order valence-electron chi connectivity index (χ0n) is 14.8. The van der Waals surface area contributed by atoms with Crippen molar-refractivity contribution in [2.75, 3.05) is 7.11 Å². The maximum atomic E-state index is 12.2. The first-order valence-electron chi connectivity index (χ1n) is 8.47. The van der Waals surface area contributed by atoms with E-state index in [2.05, 4.69) is 10.3 Å². The number of phenols is 1. The van der Waals surface area contributed by atoms with Crippen molar-refractivity contribution in [2.45, 2.75) is 12.5 Å². The lowest BCUT2D eigenvalue weighted by Crippen LogP contribution is -2.42. The number of nitrogens with one attached hydrogen (secondary N) is 2. The van der Waals surface area contributed by atoms with Crippen LogP contribution in [0.4, 0.5) is 0 Å². The summed E-state index contributed by atoms with van der Waals surface area (Å²) in [4.78, 5) is 27.5. The van der Waals surface area contributed by atoms with Crippen LogP contribution in [0.3, 0.4) is 0 Å². The number of esters is 1. The Labute approximate surface area is 156 Å². The molecule has 2 aromatic carbocycles. The van der Waals surface area contributed by atoms with E-state index < -0.39 is 17.9 Å². The molecule has 27 heavy (non-hydrogen) atoms. The fraction of sp³-hybridized carbons (Fsp3) is 0.143. The number of hydrogen-bond acceptors (Lipinski definition) is 4. The lowest BCUT2D eigenvalue weighted by Gasteiger charge is -2.15. The van der Waals surface area contributed by atoms with Gasteiger partial charge in [-0.15, -0.1) is 0 Å². The molecule has 138 valence electrons. The summed E-state index contributed by atoms with van der Waals surface area (Å²) in [7, 11) is 1.29. The molecular weight excluding hydrogens is 344 g/mol. The number of amides is 1. The normalized spacial score (nSPS) is 12.2. The molecule has 1 heterocycles. The Balaban J connectivity index is 1.72. The second-order valence-electron chi connectivity index (χ2n) is 6.07. The summed E-state index contributed by atoms with van der Waals surface area (Å²) in [5.41, 5.74) is 2.65. The topological polar surface area (TPSA) is 91.4 Å². The number of H-pyrrole nitrogens is 1. The molecule has 3 rings (SSSR count). The Kier molecular flexibility index (Phi) is 5.56. The largest absolute Gasteiger partial charge is 0.508 e. The van der Waals surface area contributed by atoms with Gasteiger partial charge in [-0.1, -0.05) is 30.3 Å². The number of para-hydroxylation sites is 1. The quantitative estimate of drug-likeness (QED) is 0.463.